The summed E-state index contributed by atoms with van der Waals surface area (Å²) < 4.78 is 19.0. The van der Waals surface area contributed by atoms with Gasteiger partial charge < -0.3 is 14.6 Å². The zero-order valence-electron chi connectivity index (χ0n) is 11.1. The molecule has 1 aliphatic carbocycles. The Morgan fingerprint density at radius 2 is 2.27 bits per heavy atom. The van der Waals surface area contributed by atoms with E-state index in [0.29, 0.717) is 0 Å². The fourth-order valence-electron chi connectivity index (χ4n) is 3.02. The molecule has 0 spiro atoms. The fourth-order valence-corrected chi connectivity index (χ4v) is 3.02. The van der Waals surface area contributed by atoms with E-state index in [4.69, 9.17) is 16.0 Å². The third-order valence-corrected chi connectivity index (χ3v) is 4.59. The smallest absolute Gasteiger partial charge is 0.211 e. The van der Waals surface area contributed by atoms with E-state index in [1.165, 1.54) is 0 Å². The normalized spacial score (nSPS) is 49.9. The molecular weight excluding hydrogens is 192 g/mol. The molecule has 0 aromatic rings. The van der Waals surface area contributed by atoms with Gasteiger partial charge in [0.15, 0.2) is 0 Å². The van der Waals surface area contributed by atoms with E-state index in [1.54, 1.807) is 7.11 Å². The maximum absolute atomic E-state index is 7.49. The molecule has 3 nitrogen and oxygen atoms in total. The molecule has 0 aromatic heterocycles. The molecule has 0 amide bonds. The van der Waals surface area contributed by atoms with Crippen molar-refractivity contribution in [1.82, 2.24) is 0 Å². The molecule has 1 heterocycles. The molecular formula is C12H22O3. The van der Waals surface area contributed by atoms with Crippen molar-refractivity contribution in [3.8, 4) is 0 Å². The number of methoxy groups -OCH3 is 1. The van der Waals surface area contributed by atoms with Crippen LogP contribution in [-0.2, 0) is 9.47 Å². The summed E-state index contributed by atoms with van der Waals surface area (Å²) in [5.74, 6) is 0. The minimum absolute atomic E-state index is 0.0586. The van der Waals surface area contributed by atoms with Crippen LogP contribution in [0.15, 0.2) is 0 Å². The van der Waals surface area contributed by atoms with Gasteiger partial charge in [-0.25, -0.2) is 0 Å². The van der Waals surface area contributed by atoms with Crippen molar-refractivity contribution in [2.75, 3.05) is 7.11 Å². The highest BCUT2D eigenvalue weighted by Gasteiger charge is 2.62. The average Bonchev–Trinajstić information content (AvgIpc) is 2.48. The maximum Gasteiger partial charge on any atom is 0.211 e. The second kappa shape index (κ2) is 3.44. The van der Waals surface area contributed by atoms with Gasteiger partial charge in [-0.3, -0.25) is 0 Å². The van der Waals surface area contributed by atoms with Crippen LogP contribution in [0.2, 0.25) is 0 Å². The molecule has 1 saturated carbocycles. The van der Waals surface area contributed by atoms with Crippen LogP contribution >= 0.6 is 0 Å². The quantitative estimate of drug-likeness (QED) is 0.764. The van der Waals surface area contributed by atoms with Crippen LogP contribution in [0.4, 0.5) is 0 Å². The Kier molecular flexibility index (Phi) is 2.31. The highest BCUT2D eigenvalue weighted by Crippen LogP contribution is 2.52. The summed E-state index contributed by atoms with van der Waals surface area (Å²) in [6.07, 6.45) is 2.97. The molecule has 2 aliphatic rings. The predicted molar refractivity (Wildman–Crippen MR) is 57.7 cm³/mol. The summed E-state index contributed by atoms with van der Waals surface area (Å²) in [5.41, 5.74) is -0.651. The molecule has 88 valence electrons. The van der Waals surface area contributed by atoms with Gasteiger partial charge in [0.2, 0.25) is 1.43 Å². The van der Waals surface area contributed by atoms with Gasteiger partial charge in [0.25, 0.3) is 0 Å². The van der Waals surface area contributed by atoms with Gasteiger partial charge in [-0.15, -0.1) is 0 Å². The van der Waals surface area contributed by atoms with Gasteiger partial charge in [0, 0.05) is 12.5 Å². The molecule has 4 atom stereocenters. The van der Waals surface area contributed by atoms with E-state index in [1.807, 2.05) is 0 Å². The molecule has 1 saturated heterocycles. The highest BCUT2D eigenvalue weighted by molar-refractivity contribution is 5.11. The molecule has 2 fully saturated rings. The Bertz CT molecular complexity index is 269. The standard InChI is InChI=1S/C12H22O3/c1-8-11(2,3)12(13)7-5-6-9(14-4)10(12)15-8/h8-10,13H,5-7H2,1-4H3/t8?,9-,10-,12+/m0/s1/i13T. The van der Waals surface area contributed by atoms with Crippen LogP contribution < -0.4 is 0 Å². The first-order valence-corrected chi connectivity index (χ1v) is 5.82. The average molecular weight is 216 g/mol. The summed E-state index contributed by atoms with van der Waals surface area (Å²) in [7, 11) is 1.71. The van der Waals surface area contributed by atoms with E-state index in [-0.39, 0.29) is 23.7 Å². The van der Waals surface area contributed by atoms with Gasteiger partial charge in [-0.2, -0.15) is 0 Å². The minimum Gasteiger partial charge on any atom is -0.386 e. The lowest BCUT2D eigenvalue weighted by Gasteiger charge is -2.44. The first-order valence-electron chi connectivity index (χ1n) is 6.23. The third-order valence-electron chi connectivity index (χ3n) is 4.59. The second-order valence-corrected chi connectivity index (χ2v) is 5.48. The Labute approximate surface area is 93.3 Å². The number of rotatable bonds is 2. The van der Waals surface area contributed by atoms with Gasteiger partial charge >= 0.3 is 0 Å². The molecule has 1 aliphatic heterocycles. The maximum atomic E-state index is 7.49. The van der Waals surface area contributed by atoms with Crippen molar-refractivity contribution in [2.24, 2.45) is 5.41 Å². The zero-order chi connectivity index (χ0) is 12.0. The first kappa shape index (κ1) is 10.1. The number of aliphatic hydroxyl groups is 1. The van der Waals surface area contributed by atoms with Crippen molar-refractivity contribution >= 4 is 0 Å². The van der Waals surface area contributed by atoms with Crippen LogP contribution in [0.25, 0.3) is 0 Å². The summed E-state index contributed by atoms with van der Waals surface area (Å²) in [4.78, 5) is 0. The van der Waals surface area contributed by atoms with Crippen LogP contribution in [0.1, 0.15) is 40.0 Å². The highest BCUT2D eigenvalue weighted by atomic mass is 16.6. The first-order chi connectivity index (χ1) is 7.49. The Balaban J connectivity index is 2.37. The van der Waals surface area contributed by atoms with Crippen LogP contribution in [0, 0.1) is 5.41 Å². The van der Waals surface area contributed by atoms with Crippen molar-refractivity contribution < 1.29 is 14.6 Å². The fraction of sp³-hybridized carbons (Fsp3) is 1.00. The number of hydrogen-bond donors (Lipinski definition) is 1. The van der Waals surface area contributed by atoms with Crippen molar-refractivity contribution in [3.05, 3.63) is 0 Å². The number of hydrogen-bond acceptors (Lipinski definition) is 3. The SMILES string of the molecule is [3H]O[C@]12CCC[C@H](OC)[C@@H]1OC(C)C2(C)C. The lowest BCUT2D eigenvalue weighted by molar-refractivity contribution is -0.153. The molecule has 1 N–H and O–H groups in total. The van der Waals surface area contributed by atoms with Crippen molar-refractivity contribution in [2.45, 2.75) is 63.9 Å². The Hall–Kier alpha value is -0.120. The number of fused-ring (bicyclic) bond motifs is 1. The van der Waals surface area contributed by atoms with E-state index in [2.05, 4.69) is 20.8 Å². The topological polar surface area (TPSA) is 38.7 Å². The lowest BCUT2D eigenvalue weighted by atomic mass is 9.65. The van der Waals surface area contributed by atoms with E-state index < -0.39 is 5.60 Å². The predicted octanol–water partition coefficient (Wildman–Crippen LogP) is 1.73. The van der Waals surface area contributed by atoms with Gasteiger partial charge in [0.05, 0.1) is 12.2 Å². The molecule has 2 rings (SSSR count). The molecule has 0 radical (unpaired) electrons. The third kappa shape index (κ3) is 1.37. The molecule has 0 aromatic carbocycles. The summed E-state index contributed by atoms with van der Waals surface area (Å²) in [6, 6.07) is 0. The molecule has 0 bridgehead atoms. The summed E-state index contributed by atoms with van der Waals surface area (Å²) in [6.45, 7) is 6.32. The molecule has 1 unspecified atom stereocenters. The Morgan fingerprint density at radius 3 is 2.87 bits per heavy atom. The van der Waals surface area contributed by atoms with Gasteiger partial charge in [-0.1, -0.05) is 13.8 Å². The molecule has 15 heavy (non-hydrogen) atoms. The van der Waals surface area contributed by atoms with E-state index in [9.17, 15) is 0 Å². The Morgan fingerprint density at radius 1 is 1.53 bits per heavy atom. The second-order valence-electron chi connectivity index (χ2n) is 5.48. The largest absolute Gasteiger partial charge is 0.386 e. The van der Waals surface area contributed by atoms with E-state index >= 15 is 0 Å². The molecule has 3 heteroatoms. The van der Waals surface area contributed by atoms with Crippen LogP contribution in [0.3, 0.4) is 0 Å². The summed E-state index contributed by atoms with van der Waals surface area (Å²) in [5, 5.41) is 5.17. The lowest BCUT2D eigenvalue weighted by Crippen LogP contribution is -2.56. The van der Waals surface area contributed by atoms with Crippen LogP contribution in [0.5, 0.6) is 0 Å². The van der Waals surface area contributed by atoms with Gasteiger partial charge in [-0.05, 0) is 26.2 Å². The van der Waals surface area contributed by atoms with Crippen LogP contribution in [-0.4, -0.2) is 37.6 Å². The number of ether oxygens (including phenoxy) is 2. The van der Waals surface area contributed by atoms with Gasteiger partial charge in [0.1, 0.15) is 11.7 Å². The monoisotopic (exact) mass is 216 g/mol. The zero-order valence-corrected chi connectivity index (χ0v) is 10.1. The van der Waals surface area contributed by atoms with Crippen molar-refractivity contribution in [3.63, 3.8) is 0 Å². The van der Waals surface area contributed by atoms with E-state index in [0.717, 1.165) is 19.3 Å². The van der Waals surface area contributed by atoms with Crippen molar-refractivity contribution in [1.29, 1.82) is 1.43 Å². The summed E-state index contributed by atoms with van der Waals surface area (Å²) >= 11 is 0. The minimum atomic E-state index is -0.509.